The molecule has 1 aromatic heterocycles. The molecule has 0 aliphatic carbocycles. The summed E-state index contributed by atoms with van der Waals surface area (Å²) in [5.41, 5.74) is 0.680. The van der Waals surface area contributed by atoms with Crippen molar-refractivity contribution in [3.05, 3.63) is 24.3 Å². The number of carbonyl (C=O) groups is 2. The van der Waals surface area contributed by atoms with E-state index in [-0.39, 0.29) is 23.8 Å². The molecule has 2 heterocycles. The van der Waals surface area contributed by atoms with Crippen LogP contribution in [0.2, 0.25) is 0 Å². The molecule has 2 atom stereocenters. The second kappa shape index (κ2) is 5.91. The summed E-state index contributed by atoms with van der Waals surface area (Å²) < 4.78 is 0. The van der Waals surface area contributed by atoms with Crippen molar-refractivity contribution < 1.29 is 9.59 Å². The lowest BCUT2D eigenvalue weighted by atomic mass is 9.91. The van der Waals surface area contributed by atoms with Gasteiger partial charge in [0.05, 0.1) is 17.7 Å². The SMILES string of the molecule is CC(C)C(C(=O)N1CCCC1C=O)c1cnccn1. The second-order valence-electron chi connectivity index (χ2n) is 5.23. The van der Waals surface area contributed by atoms with Gasteiger partial charge in [0.25, 0.3) is 0 Å². The Morgan fingerprint density at radius 1 is 1.47 bits per heavy atom. The molecular formula is C14H19N3O2. The van der Waals surface area contributed by atoms with Gasteiger partial charge in [-0.25, -0.2) is 0 Å². The van der Waals surface area contributed by atoms with E-state index < -0.39 is 0 Å². The maximum Gasteiger partial charge on any atom is 0.232 e. The summed E-state index contributed by atoms with van der Waals surface area (Å²) in [5, 5.41) is 0. The van der Waals surface area contributed by atoms with Crippen LogP contribution in [-0.4, -0.2) is 39.6 Å². The molecule has 0 aromatic carbocycles. The maximum atomic E-state index is 12.7. The monoisotopic (exact) mass is 261 g/mol. The Labute approximate surface area is 113 Å². The first-order valence-electron chi connectivity index (χ1n) is 6.67. The van der Waals surface area contributed by atoms with Crippen molar-refractivity contribution >= 4 is 12.2 Å². The van der Waals surface area contributed by atoms with E-state index in [4.69, 9.17) is 0 Å². The van der Waals surface area contributed by atoms with Gasteiger partial charge in [-0.1, -0.05) is 13.8 Å². The third kappa shape index (κ3) is 2.80. The molecule has 1 aliphatic rings. The van der Waals surface area contributed by atoms with Gasteiger partial charge in [0.2, 0.25) is 5.91 Å². The van der Waals surface area contributed by atoms with Crippen molar-refractivity contribution in [1.29, 1.82) is 0 Å². The van der Waals surface area contributed by atoms with Crippen molar-refractivity contribution in [2.45, 2.75) is 38.6 Å². The van der Waals surface area contributed by atoms with E-state index in [0.717, 1.165) is 19.1 Å². The summed E-state index contributed by atoms with van der Waals surface area (Å²) in [6.07, 6.45) is 7.35. The largest absolute Gasteiger partial charge is 0.332 e. The van der Waals surface area contributed by atoms with Crippen molar-refractivity contribution in [3.8, 4) is 0 Å². The van der Waals surface area contributed by atoms with E-state index in [0.29, 0.717) is 12.2 Å². The second-order valence-corrected chi connectivity index (χ2v) is 5.23. The van der Waals surface area contributed by atoms with Crippen LogP contribution in [0, 0.1) is 5.92 Å². The topological polar surface area (TPSA) is 63.2 Å². The molecule has 1 saturated heterocycles. The molecule has 5 nitrogen and oxygen atoms in total. The fourth-order valence-corrected chi connectivity index (χ4v) is 2.61. The fraction of sp³-hybridized carbons (Fsp3) is 0.571. The predicted octanol–water partition coefficient (Wildman–Crippen LogP) is 1.41. The third-order valence-corrected chi connectivity index (χ3v) is 3.57. The lowest BCUT2D eigenvalue weighted by Gasteiger charge is -2.27. The van der Waals surface area contributed by atoms with Crippen molar-refractivity contribution in [3.63, 3.8) is 0 Å². The lowest BCUT2D eigenvalue weighted by Crippen LogP contribution is -2.41. The number of hydrogen-bond acceptors (Lipinski definition) is 4. The van der Waals surface area contributed by atoms with Crippen LogP contribution < -0.4 is 0 Å². The summed E-state index contributed by atoms with van der Waals surface area (Å²) in [7, 11) is 0. The van der Waals surface area contributed by atoms with Crippen LogP contribution >= 0.6 is 0 Å². The van der Waals surface area contributed by atoms with Crippen LogP contribution in [0.15, 0.2) is 18.6 Å². The van der Waals surface area contributed by atoms with Crippen LogP contribution in [0.25, 0.3) is 0 Å². The molecule has 5 heteroatoms. The van der Waals surface area contributed by atoms with Crippen LogP contribution in [0.4, 0.5) is 0 Å². The van der Waals surface area contributed by atoms with E-state index in [9.17, 15) is 9.59 Å². The number of rotatable bonds is 4. The van der Waals surface area contributed by atoms with Gasteiger partial charge in [-0.3, -0.25) is 14.8 Å². The molecule has 0 N–H and O–H groups in total. The van der Waals surface area contributed by atoms with E-state index in [1.54, 1.807) is 23.5 Å². The highest BCUT2D eigenvalue weighted by Crippen LogP contribution is 2.28. The average molecular weight is 261 g/mol. The van der Waals surface area contributed by atoms with Gasteiger partial charge in [-0.2, -0.15) is 0 Å². The van der Waals surface area contributed by atoms with Gasteiger partial charge in [0, 0.05) is 25.1 Å². The fourth-order valence-electron chi connectivity index (χ4n) is 2.61. The number of hydrogen-bond donors (Lipinski definition) is 0. The number of likely N-dealkylation sites (tertiary alicyclic amines) is 1. The lowest BCUT2D eigenvalue weighted by molar-refractivity contribution is -0.137. The van der Waals surface area contributed by atoms with E-state index in [1.165, 1.54) is 0 Å². The molecule has 19 heavy (non-hydrogen) atoms. The van der Waals surface area contributed by atoms with Crippen LogP contribution in [0.5, 0.6) is 0 Å². The van der Waals surface area contributed by atoms with E-state index in [1.807, 2.05) is 13.8 Å². The van der Waals surface area contributed by atoms with Gasteiger partial charge in [0.15, 0.2) is 0 Å². The molecule has 0 bridgehead atoms. The number of aldehydes is 1. The highest BCUT2D eigenvalue weighted by atomic mass is 16.2. The zero-order chi connectivity index (χ0) is 13.8. The molecule has 0 spiro atoms. The maximum absolute atomic E-state index is 12.7. The van der Waals surface area contributed by atoms with Gasteiger partial charge in [0.1, 0.15) is 6.29 Å². The summed E-state index contributed by atoms with van der Waals surface area (Å²) in [5.74, 6) is -0.212. The molecule has 1 fully saturated rings. The Hall–Kier alpha value is -1.78. The molecule has 2 rings (SSSR count). The minimum Gasteiger partial charge on any atom is -0.332 e. The Balaban J connectivity index is 2.25. The van der Waals surface area contributed by atoms with Crippen LogP contribution in [0.3, 0.4) is 0 Å². The van der Waals surface area contributed by atoms with Gasteiger partial charge in [-0.05, 0) is 18.8 Å². The Kier molecular flexibility index (Phi) is 4.24. The molecule has 1 aromatic rings. The molecule has 2 unspecified atom stereocenters. The smallest absolute Gasteiger partial charge is 0.232 e. The highest BCUT2D eigenvalue weighted by molar-refractivity contribution is 5.86. The van der Waals surface area contributed by atoms with Crippen LogP contribution in [-0.2, 0) is 9.59 Å². The number of nitrogens with zero attached hydrogens (tertiary/aromatic N) is 3. The van der Waals surface area contributed by atoms with Gasteiger partial charge < -0.3 is 9.69 Å². The summed E-state index contributed by atoms with van der Waals surface area (Å²) in [4.78, 5) is 33.7. The van der Waals surface area contributed by atoms with Crippen LogP contribution in [0.1, 0.15) is 38.3 Å². The third-order valence-electron chi connectivity index (χ3n) is 3.57. The van der Waals surface area contributed by atoms with Gasteiger partial charge >= 0.3 is 0 Å². The molecule has 1 amide bonds. The number of amides is 1. The standard InChI is InChI=1S/C14H19N3O2/c1-10(2)13(12-8-15-5-6-16-12)14(19)17-7-3-4-11(17)9-18/h5-6,8-11,13H,3-4,7H2,1-2H3. The average Bonchev–Trinajstić information content (AvgIpc) is 2.88. The molecule has 0 radical (unpaired) electrons. The zero-order valence-electron chi connectivity index (χ0n) is 11.3. The summed E-state index contributed by atoms with van der Waals surface area (Å²) >= 11 is 0. The normalized spacial score (nSPS) is 20.6. The summed E-state index contributed by atoms with van der Waals surface area (Å²) in [6, 6.07) is -0.273. The quantitative estimate of drug-likeness (QED) is 0.769. The van der Waals surface area contributed by atoms with E-state index in [2.05, 4.69) is 9.97 Å². The molecule has 0 saturated carbocycles. The Morgan fingerprint density at radius 3 is 2.84 bits per heavy atom. The molecule has 102 valence electrons. The number of aromatic nitrogens is 2. The first-order valence-corrected chi connectivity index (χ1v) is 6.67. The first kappa shape index (κ1) is 13.6. The molecule has 1 aliphatic heterocycles. The minimum atomic E-state index is -0.325. The number of carbonyl (C=O) groups excluding carboxylic acids is 2. The Bertz CT molecular complexity index is 447. The van der Waals surface area contributed by atoms with E-state index >= 15 is 0 Å². The first-order chi connectivity index (χ1) is 9.15. The molecular weight excluding hydrogens is 242 g/mol. The zero-order valence-corrected chi connectivity index (χ0v) is 11.3. The van der Waals surface area contributed by atoms with Gasteiger partial charge in [-0.15, -0.1) is 0 Å². The van der Waals surface area contributed by atoms with Crippen molar-refractivity contribution in [2.24, 2.45) is 5.92 Å². The van der Waals surface area contributed by atoms with Crippen molar-refractivity contribution in [2.75, 3.05) is 6.54 Å². The predicted molar refractivity (Wildman–Crippen MR) is 70.4 cm³/mol. The van der Waals surface area contributed by atoms with Crippen molar-refractivity contribution in [1.82, 2.24) is 14.9 Å². The highest BCUT2D eigenvalue weighted by Gasteiger charge is 2.35. The minimum absolute atomic E-state index is 0.00917. The Morgan fingerprint density at radius 2 is 2.26 bits per heavy atom. The summed E-state index contributed by atoms with van der Waals surface area (Å²) in [6.45, 7) is 4.64.